The van der Waals surface area contributed by atoms with Crippen LogP contribution in [-0.2, 0) is 10.0 Å². The number of thiophene rings is 1. The highest BCUT2D eigenvalue weighted by Crippen LogP contribution is 2.24. The van der Waals surface area contributed by atoms with E-state index < -0.39 is 10.0 Å². The number of guanidine groups is 1. The molecule has 0 amide bonds. The van der Waals surface area contributed by atoms with Crippen molar-refractivity contribution in [2.24, 2.45) is 4.99 Å². The number of rotatable bonds is 7. The van der Waals surface area contributed by atoms with Gasteiger partial charge in [0.15, 0.2) is 5.96 Å². The van der Waals surface area contributed by atoms with Crippen LogP contribution >= 0.6 is 11.3 Å². The van der Waals surface area contributed by atoms with E-state index in [9.17, 15) is 8.42 Å². The molecular formula is C16H26N4O2S2. The standard InChI is InChI=1S/C16H26N4O2S2/c1-4-17-16(20-14-7-5-6-8-14)18-9-10-19-24(21,22)15-11-12(2)23-13(15)3/h5-6,11,14,19H,4,7-10H2,1-3H3,(H2,17,18,20). The van der Waals surface area contributed by atoms with Crippen molar-refractivity contribution in [2.75, 3.05) is 19.6 Å². The van der Waals surface area contributed by atoms with Gasteiger partial charge < -0.3 is 10.6 Å². The van der Waals surface area contributed by atoms with Crippen LogP contribution in [-0.4, -0.2) is 40.1 Å². The van der Waals surface area contributed by atoms with Crippen LogP contribution in [0.5, 0.6) is 0 Å². The third-order valence-corrected chi connectivity index (χ3v) is 6.33. The highest BCUT2D eigenvalue weighted by Gasteiger charge is 2.18. The Bertz CT molecular complexity index is 700. The van der Waals surface area contributed by atoms with Crippen LogP contribution in [0.15, 0.2) is 28.1 Å². The van der Waals surface area contributed by atoms with Gasteiger partial charge in [0.2, 0.25) is 10.0 Å². The fourth-order valence-corrected chi connectivity index (χ4v) is 5.12. The predicted octanol–water partition coefficient (Wildman–Crippen LogP) is 1.92. The average Bonchev–Trinajstić information content (AvgIpc) is 3.13. The average molecular weight is 371 g/mol. The smallest absolute Gasteiger partial charge is 0.241 e. The molecule has 0 unspecified atom stereocenters. The second-order valence-electron chi connectivity index (χ2n) is 5.72. The van der Waals surface area contributed by atoms with Crippen LogP contribution in [0.3, 0.4) is 0 Å². The van der Waals surface area contributed by atoms with Crippen LogP contribution in [0.4, 0.5) is 0 Å². The number of hydrogen-bond donors (Lipinski definition) is 3. The van der Waals surface area contributed by atoms with E-state index in [0.29, 0.717) is 17.5 Å². The summed E-state index contributed by atoms with van der Waals surface area (Å²) in [6, 6.07) is 2.08. The molecule has 1 aromatic rings. The van der Waals surface area contributed by atoms with Gasteiger partial charge in [-0.25, -0.2) is 13.1 Å². The summed E-state index contributed by atoms with van der Waals surface area (Å²) in [5.41, 5.74) is 0. The van der Waals surface area contributed by atoms with Crippen LogP contribution in [0, 0.1) is 13.8 Å². The Morgan fingerprint density at radius 1 is 1.33 bits per heavy atom. The molecule has 1 aliphatic carbocycles. The van der Waals surface area contributed by atoms with Crippen molar-refractivity contribution < 1.29 is 8.42 Å². The van der Waals surface area contributed by atoms with Gasteiger partial charge >= 0.3 is 0 Å². The van der Waals surface area contributed by atoms with Crippen LogP contribution in [0.1, 0.15) is 29.5 Å². The first-order valence-corrected chi connectivity index (χ1v) is 10.5. The zero-order valence-electron chi connectivity index (χ0n) is 14.4. The molecule has 24 heavy (non-hydrogen) atoms. The Kier molecular flexibility index (Phi) is 6.82. The molecule has 0 fully saturated rings. The summed E-state index contributed by atoms with van der Waals surface area (Å²) in [4.78, 5) is 6.62. The Morgan fingerprint density at radius 3 is 2.62 bits per heavy atom. The molecular weight excluding hydrogens is 344 g/mol. The summed E-state index contributed by atoms with van der Waals surface area (Å²) in [6.07, 6.45) is 6.29. The molecule has 3 N–H and O–H groups in total. The lowest BCUT2D eigenvalue weighted by atomic mass is 10.2. The first-order valence-electron chi connectivity index (χ1n) is 8.19. The van der Waals surface area contributed by atoms with Crippen molar-refractivity contribution in [3.8, 4) is 0 Å². The van der Waals surface area contributed by atoms with Gasteiger partial charge in [0.05, 0.1) is 11.4 Å². The number of aryl methyl sites for hydroxylation is 2. The maximum absolute atomic E-state index is 12.3. The van der Waals surface area contributed by atoms with E-state index in [1.165, 1.54) is 11.3 Å². The number of aliphatic imine (C=N–C) groups is 1. The number of hydrogen-bond acceptors (Lipinski definition) is 4. The Labute approximate surface area is 148 Å². The zero-order chi connectivity index (χ0) is 17.6. The van der Waals surface area contributed by atoms with Gasteiger partial charge in [-0.15, -0.1) is 11.3 Å². The van der Waals surface area contributed by atoms with Gasteiger partial charge in [0.25, 0.3) is 0 Å². The summed E-state index contributed by atoms with van der Waals surface area (Å²) in [5, 5.41) is 6.55. The summed E-state index contributed by atoms with van der Waals surface area (Å²) in [7, 11) is -3.46. The fourth-order valence-electron chi connectivity index (χ4n) is 2.55. The predicted molar refractivity (Wildman–Crippen MR) is 100 cm³/mol. The second-order valence-corrected chi connectivity index (χ2v) is 8.92. The molecule has 0 atom stereocenters. The summed E-state index contributed by atoms with van der Waals surface area (Å²) in [5.74, 6) is 0.730. The summed E-state index contributed by atoms with van der Waals surface area (Å²) < 4.78 is 27.3. The van der Waals surface area contributed by atoms with E-state index in [2.05, 4.69) is 32.5 Å². The SMILES string of the molecule is CCNC(=NCCNS(=O)(=O)c1cc(C)sc1C)NC1CC=CC1. The maximum Gasteiger partial charge on any atom is 0.241 e. The van der Waals surface area contributed by atoms with Gasteiger partial charge in [-0.05, 0) is 39.7 Å². The summed E-state index contributed by atoms with van der Waals surface area (Å²) in [6.45, 7) is 7.17. The lowest BCUT2D eigenvalue weighted by Gasteiger charge is -2.16. The Balaban J connectivity index is 1.87. The van der Waals surface area contributed by atoms with Crippen molar-refractivity contribution in [2.45, 2.75) is 44.6 Å². The molecule has 0 radical (unpaired) electrons. The molecule has 1 aromatic heterocycles. The van der Waals surface area contributed by atoms with E-state index in [1.54, 1.807) is 6.07 Å². The van der Waals surface area contributed by atoms with Crippen molar-refractivity contribution in [3.05, 3.63) is 28.0 Å². The van der Waals surface area contributed by atoms with E-state index >= 15 is 0 Å². The Morgan fingerprint density at radius 2 is 2.04 bits per heavy atom. The molecule has 8 heteroatoms. The van der Waals surface area contributed by atoms with Crippen molar-refractivity contribution >= 4 is 27.3 Å². The molecule has 0 bridgehead atoms. The van der Waals surface area contributed by atoms with Crippen LogP contribution in [0.2, 0.25) is 0 Å². The number of sulfonamides is 1. The van der Waals surface area contributed by atoms with Crippen LogP contribution < -0.4 is 15.4 Å². The van der Waals surface area contributed by atoms with Crippen molar-refractivity contribution in [3.63, 3.8) is 0 Å². The molecule has 6 nitrogen and oxygen atoms in total. The molecule has 0 spiro atoms. The number of nitrogens with zero attached hydrogens (tertiary/aromatic N) is 1. The van der Waals surface area contributed by atoms with Crippen LogP contribution in [0.25, 0.3) is 0 Å². The van der Waals surface area contributed by atoms with Gasteiger partial charge in [0, 0.05) is 28.9 Å². The first-order chi connectivity index (χ1) is 11.4. The van der Waals surface area contributed by atoms with Gasteiger partial charge in [0.1, 0.15) is 0 Å². The van der Waals surface area contributed by atoms with Gasteiger partial charge in [-0.2, -0.15) is 0 Å². The minimum absolute atomic E-state index is 0.274. The van der Waals surface area contributed by atoms with Gasteiger partial charge in [-0.1, -0.05) is 12.2 Å². The fraction of sp³-hybridized carbons (Fsp3) is 0.562. The monoisotopic (exact) mass is 370 g/mol. The second kappa shape index (κ2) is 8.64. The maximum atomic E-state index is 12.3. The molecule has 2 rings (SSSR count). The zero-order valence-corrected chi connectivity index (χ0v) is 16.1. The highest BCUT2D eigenvalue weighted by atomic mass is 32.2. The van der Waals surface area contributed by atoms with E-state index in [0.717, 1.165) is 35.1 Å². The molecule has 0 aliphatic heterocycles. The molecule has 0 saturated heterocycles. The molecule has 0 aromatic carbocycles. The molecule has 1 aliphatic rings. The summed E-state index contributed by atoms with van der Waals surface area (Å²) >= 11 is 1.49. The van der Waals surface area contributed by atoms with E-state index in [1.807, 2.05) is 20.8 Å². The number of nitrogens with one attached hydrogen (secondary N) is 3. The first kappa shape index (κ1) is 19.0. The molecule has 1 heterocycles. The van der Waals surface area contributed by atoms with Crippen molar-refractivity contribution in [1.29, 1.82) is 0 Å². The van der Waals surface area contributed by atoms with Gasteiger partial charge in [-0.3, -0.25) is 4.99 Å². The minimum atomic E-state index is -3.46. The topological polar surface area (TPSA) is 82.6 Å². The van der Waals surface area contributed by atoms with Crippen molar-refractivity contribution in [1.82, 2.24) is 15.4 Å². The lowest BCUT2D eigenvalue weighted by Crippen LogP contribution is -2.43. The molecule has 134 valence electrons. The third kappa shape index (κ3) is 5.32. The minimum Gasteiger partial charge on any atom is -0.357 e. The normalized spacial score (nSPS) is 15.9. The third-order valence-electron chi connectivity index (χ3n) is 3.65. The lowest BCUT2D eigenvalue weighted by molar-refractivity contribution is 0.581. The largest absolute Gasteiger partial charge is 0.357 e. The van der Waals surface area contributed by atoms with E-state index in [4.69, 9.17) is 0 Å². The Hall–Kier alpha value is -1.38. The van der Waals surface area contributed by atoms with E-state index in [-0.39, 0.29) is 6.54 Å². The highest BCUT2D eigenvalue weighted by molar-refractivity contribution is 7.89. The quantitative estimate of drug-likeness (QED) is 0.296. The molecule has 0 saturated carbocycles.